The van der Waals surface area contributed by atoms with Crippen LogP contribution in [-0.2, 0) is 9.53 Å². The van der Waals surface area contributed by atoms with Gasteiger partial charge in [0.1, 0.15) is 11.5 Å². The molecule has 1 saturated heterocycles. The molecule has 1 aliphatic rings. The molecule has 5 nitrogen and oxygen atoms in total. The minimum atomic E-state index is -0.413. The fourth-order valence-corrected chi connectivity index (χ4v) is 2.34. The summed E-state index contributed by atoms with van der Waals surface area (Å²) in [5.41, 5.74) is 0.953. The van der Waals surface area contributed by atoms with Crippen molar-refractivity contribution in [3.63, 3.8) is 0 Å². The topological polar surface area (TPSA) is 70.0 Å². The summed E-state index contributed by atoms with van der Waals surface area (Å²) in [5.74, 6) is -0.633. The number of carbonyl (C=O) groups excluding carboxylic acids is 1. The lowest BCUT2D eigenvalue weighted by Crippen LogP contribution is -2.27. The molecule has 1 aliphatic heterocycles. The first-order valence-electron chi connectivity index (χ1n) is 6.41. The average molecular weight is 313 g/mol. The summed E-state index contributed by atoms with van der Waals surface area (Å²) >= 11 is 5.09. The highest BCUT2D eigenvalue weighted by atomic mass is 32.1. The number of hydrogen-bond donors (Lipinski definition) is 2. The maximum atomic E-state index is 12.4. The Balaban J connectivity index is 1.96. The number of benzene rings is 2. The molecule has 0 bridgehead atoms. The van der Waals surface area contributed by atoms with E-state index in [1.165, 1.54) is 29.2 Å². The van der Waals surface area contributed by atoms with Gasteiger partial charge in [0, 0.05) is 11.6 Å². The van der Waals surface area contributed by atoms with E-state index in [0.29, 0.717) is 11.3 Å². The third kappa shape index (κ3) is 2.51. The van der Waals surface area contributed by atoms with E-state index in [0.717, 1.165) is 0 Å². The number of nitrogens with zero attached hydrogens (tertiary/aromatic N) is 1. The minimum absolute atomic E-state index is 0.00911. The summed E-state index contributed by atoms with van der Waals surface area (Å²) in [7, 11) is 0. The van der Waals surface area contributed by atoms with Gasteiger partial charge in [0.25, 0.3) is 5.17 Å². The monoisotopic (exact) mass is 313 g/mol. The number of ether oxygens (including phenoxy) is 1. The molecule has 1 fully saturated rings. The lowest BCUT2D eigenvalue weighted by atomic mass is 10.1. The fraction of sp³-hybridized carbons (Fsp3) is 0. The van der Waals surface area contributed by atoms with Crippen LogP contribution in [0, 0.1) is 0 Å². The lowest BCUT2D eigenvalue weighted by molar-refractivity contribution is -0.114. The number of aromatic hydroxyl groups is 2. The number of carbonyl (C=O) groups is 1. The Morgan fingerprint density at radius 1 is 1.09 bits per heavy atom. The summed E-state index contributed by atoms with van der Waals surface area (Å²) in [6.07, 6.45) is 1.38. The average Bonchev–Trinajstić information content (AvgIpc) is 2.77. The van der Waals surface area contributed by atoms with Crippen molar-refractivity contribution in [2.75, 3.05) is 4.90 Å². The molecule has 2 aromatic rings. The number of phenols is 2. The Hall–Kier alpha value is -2.86. The smallest absolute Gasteiger partial charge is 0.301 e. The second kappa shape index (κ2) is 5.50. The summed E-state index contributed by atoms with van der Waals surface area (Å²) in [6.45, 7) is 0. The van der Waals surface area contributed by atoms with Crippen LogP contribution in [0.1, 0.15) is 5.56 Å². The largest absolute Gasteiger partial charge is 0.508 e. The molecule has 110 valence electrons. The number of amides is 1. The van der Waals surface area contributed by atoms with Crippen LogP contribution >= 0.6 is 12.2 Å². The van der Waals surface area contributed by atoms with Crippen molar-refractivity contribution in [2.45, 2.75) is 0 Å². The Labute approximate surface area is 131 Å². The number of para-hydroxylation sites is 1. The molecule has 0 aromatic heterocycles. The van der Waals surface area contributed by atoms with Gasteiger partial charge in [0.15, 0.2) is 5.76 Å². The Morgan fingerprint density at radius 2 is 1.82 bits per heavy atom. The van der Waals surface area contributed by atoms with Gasteiger partial charge in [0.2, 0.25) is 0 Å². The van der Waals surface area contributed by atoms with Gasteiger partial charge in [-0.05, 0) is 42.6 Å². The predicted octanol–water partition coefficient (Wildman–Crippen LogP) is 2.79. The zero-order valence-corrected chi connectivity index (χ0v) is 12.1. The van der Waals surface area contributed by atoms with E-state index in [-0.39, 0.29) is 22.4 Å². The molecule has 0 unspecified atom stereocenters. The van der Waals surface area contributed by atoms with Gasteiger partial charge in [0.05, 0.1) is 5.69 Å². The summed E-state index contributed by atoms with van der Waals surface area (Å²) in [6, 6.07) is 13.0. The second-order valence-electron chi connectivity index (χ2n) is 4.60. The van der Waals surface area contributed by atoms with Crippen LogP contribution in [0.5, 0.6) is 11.5 Å². The van der Waals surface area contributed by atoms with E-state index >= 15 is 0 Å². The number of phenolic OH excluding ortho intramolecular Hbond substituents is 2. The van der Waals surface area contributed by atoms with Crippen LogP contribution in [-0.4, -0.2) is 21.3 Å². The molecule has 3 rings (SSSR count). The van der Waals surface area contributed by atoms with Crippen molar-refractivity contribution in [2.24, 2.45) is 0 Å². The van der Waals surface area contributed by atoms with E-state index in [1.807, 2.05) is 6.07 Å². The number of anilines is 1. The molecule has 1 amide bonds. The van der Waals surface area contributed by atoms with E-state index < -0.39 is 5.91 Å². The molecule has 2 aromatic carbocycles. The van der Waals surface area contributed by atoms with Crippen LogP contribution in [0.25, 0.3) is 6.08 Å². The quantitative estimate of drug-likeness (QED) is 0.659. The Kier molecular flexibility index (Phi) is 3.52. The minimum Gasteiger partial charge on any atom is -0.508 e. The first-order valence-corrected chi connectivity index (χ1v) is 6.82. The van der Waals surface area contributed by atoms with Gasteiger partial charge in [-0.1, -0.05) is 18.2 Å². The van der Waals surface area contributed by atoms with Crippen molar-refractivity contribution in [3.05, 3.63) is 59.9 Å². The van der Waals surface area contributed by atoms with Crippen LogP contribution in [0.3, 0.4) is 0 Å². The van der Waals surface area contributed by atoms with Crippen molar-refractivity contribution in [1.29, 1.82) is 0 Å². The van der Waals surface area contributed by atoms with Gasteiger partial charge in [-0.3, -0.25) is 4.79 Å². The van der Waals surface area contributed by atoms with Gasteiger partial charge in [-0.15, -0.1) is 0 Å². The van der Waals surface area contributed by atoms with Gasteiger partial charge in [-0.25, -0.2) is 4.90 Å². The van der Waals surface area contributed by atoms with Crippen LogP contribution in [0.15, 0.2) is 54.3 Å². The molecule has 0 aliphatic carbocycles. The third-order valence-electron chi connectivity index (χ3n) is 3.11. The van der Waals surface area contributed by atoms with Crippen LogP contribution in [0.4, 0.5) is 5.69 Å². The lowest BCUT2D eigenvalue weighted by Gasteiger charge is -2.11. The predicted molar refractivity (Wildman–Crippen MR) is 85.4 cm³/mol. The van der Waals surface area contributed by atoms with Crippen molar-refractivity contribution in [3.8, 4) is 11.5 Å². The number of thiocarbonyl (C=S) groups is 1. The van der Waals surface area contributed by atoms with Crippen molar-refractivity contribution in [1.82, 2.24) is 0 Å². The molecule has 0 saturated carbocycles. The zero-order chi connectivity index (χ0) is 15.7. The van der Waals surface area contributed by atoms with E-state index in [9.17, 15) is 15.0 Å². The normalized spacial score (nSPS) is 16.2. The number of hydrogen-bond acceptors (Lipinski definition) is 5. The van der Waals surface area contributed by atoms with E-state index in [4.69, 9.17) is 17.0 Å². The highest BCUT2D eigenvalue weighted by molar-refractivity contribution is 7.80. The van der Waals surface area contributed by atoms with Gasteiger partial charge in [-0.2, -0.15) is 0 Å². The molecule has 0 radical (unpaired) electrons. The third-order valence-corrected chi connectivity index (χ3v) is 3.37. The molecule has 1 heterocycles. The molecular formula is C16H11NO4S. The summed E-state index contributed by atoms with van der Waals surface area (Å²) in [5, 5.41) is 19.1. The zero-order valence-electron chi connectivity index (χ0n) is 11.3. The molecule has 0 atom stereocenters. The first-order chi connectivity index (χ1) is 10.6. The highest BCUT2D eigenvalue weighted by Crippen LogP contribution is 2.29. The van der Waals surface area contributed by atoms with E-state index in [2.05, 4.69) is 0 Å². The highest BCUT2D eigenvalue weighted by Gasteiger charge is 2.34. The van der Waals surface area contributed by atoms with Gasteiger partial charge < -0.3 is 14.9 Å². The molecule has 2 N–H and O–H groups in total. The molecular weight excluding hydrogens is 302 g/mol. The summed E-state index contributed by atoms with van der Waals surface area (Å²) in [4.78, 5) is 13.7. The maximum absolute atomic E-state index is 12.4. The number of rotatable bonds is 2. The first kappa shape index (κ1) is 14.1. The van der Waals surface area contributed by atoms with E-state index in [1.54, 1.807) is 24.3 Å². The molecule has 0 spiro atoms. The maximum Gasteiger partial charge on any atom is 0.301 e. The second-order valence-corrected chi connectivity index (χ2v) is 4.95. The molecule has 6 heteroatoms. The Morgan fingerprint density at radius 3 is 2.50 bits per heavy atom. The summed E-state index contributed by atoms with van der Waals surface area (Å²) < 4.78 is 5.33. The Bertz CT molecular complexity index is 786. The SMILES string of the molecule is O=C1/C(=C/c2ccc(O)cc2O)OC(=S)N1c1ccccc1. The fourth-order valence-electron chi connectivity index (χ4n) is 2.06. The van der Waals surface area contributed by atoms with Crippen molar-refractivity contribution >= 4 is 35.1 Å². The standard InChI is InChI=1S/C16H11NO4S/c18-12-7-6-10(13(19)9-12)8-14-15(20)17(16(22)21-14)11-4-2-1-3-5-11/h1-9,18-19H/b14-8-. The van der Waals surface area contributed by atoms with Crippen LogP contribution in [0.2, 0.25) is 0 Å². The van der Waals surface area contributed by atoms with Crippen molar-refractivity contribution < 1.29 is 19.7 Å². The molecule has 22 heavy (non-hydrogen) atoms. The van der Waals surface area contributed by atoms with Crippen LogP contribution < -0.4 is 4.90 Å². The van der Waals surface area contributed by atoms with Gasteiger partial charge >= 0.3 is 5.91 Å².